The number of carbonyl (C=O) groups excluding carboxylic acids is 2. The minimum atomic E-state index is -0.642. The van der Waals surface area contributed by atoms with Crippen molar-refractivity contribution in [2.24, 2.45) is 0 Å². The SMILES string of the molecule is CCCCC/C=C\C/C=C\C/C=C\CCCCC(=O)O[C@@H](COCc1ccc(OC)cc1)COC(=O)CCCCCCC/C=C\CCCCCCCC. The van der Waals surface area contributed by atoms with Crippen LogP contribution in [0.1, 0.15) is 174 Å². The predicted octanol–water partition coefficient (Wildman–Crippen LogP) is 13.3. The fourth-order valence-corrected chi connectivity index (χ4v) is 5.81. The van der Waals surface area contributed by atoms with Gasteiger partial charge in [-0.15, -0.1) is 0 Å². The van der Waals surface area contributed by atoms with Crippen molar-refractivity contribution in [3.8, 4) is 5.75 Å². The third kappa shape index (κ3) is 32.1. The summed E-state index contributed by atoms with van der Waals surface area (Å²) >= 11 is 0. The number of unbranched alkanes of at least 4 members (excludes halogenated alkanes) is 16. The standard InChI is InChI=1S/C47H76O6/c1-4-6-8-10-12-14-16-18-20-22-24-26-28-30-32-34-46(48)52-42-45(41-51-40-43-36-38-44(50-3)39-37-43)53-47(49)35-33-31-29-27-25-23-21-19-17-15-13-11-9-7-5-2/h13,15,18-21,25,27,36-39,45H,4-12,14,16-17,22-24,26,28-35,40-42H2,1-3H3/b15-13-,20-18-,21-19-,27-25-/t45-/m0/s1. The van der Waals surface area contributed by atoms with Crippen LogP contribution in [0.5, 0.6) is 5.75 Å². The first kappa shape index (κ1) is 47.9. The minimum absolute atomic E-state index is 0.00314. The van der Waals surface area contributed by atoms with E-state index in [4.69, 9.17) is 18.9 Å². The summed E-state index contributed by atoms with van der Waals surface area (Å²) in [5.74, 6) is 0.243. The molecule has 0 amide bonds. The summed E-state index contributed by atoms with van der Waals surface area (Å²) in [5.41, 5.74) is 0.982. The third-order valence-corrected chi connectivity index (χ3v) is 9.12. The predicted molar refractivity (Wildman–Crippen MR) is 222 cm³/mol. The summed E-state index contributed by atoms with van der Waals surface area (Å²) in [7, 11) is 1.63. The molecule has 0 aromatic heterocycles. The molecule has 0 bridgehead atoms. The molecule has 0 aliphatic carbocycles. The smallest absolute Gasteiger partial charge is 0.306 e. The summed E-state index contributed by atoms with van der Waals surface area (Å²) in [4.78, 5) is 25.2. The Morgan fingerprint density at radius 1 is 0.547 bits per heavy atom. The first-order valence-electron chi connectivity index (χ1n) is 21.2. The molecule has 0 N–H and O–H groups in total. The van der Waals surface area contributed by atoms with Gasteiger partial charge >= 0.3 is 11.9 Å². The van der Waals surface area contributed by atoms with Crippen LogP contribution in [0.3, 0.4) is 0 Å². The molecule has 0 fully saturated rings. The van der Waals surface area contributed by atoms with Crippen molar-refractivity contribution >= 4 is 11.9 Å². The Labute approximate surface area is 324 Å². The molecule has 0 heterocycles. The van der Waals surface area contributed by atoms with Gasteiger partial charge in [0.15, 0.2) is 6.10 Å². The Morgan fingerprint density at radius 3 is 1.60 bits per heavy atom. The Bertz CT molecular complexity index is 1100. The lowest BCUT2D eigenvalue weighted by atomic mass is 10.1. The maximum Gasteiger partial charge on any atom is 0.306 e. The quantitative estimate of drug-likeness (QED) is 0.0388. The zero-order chi connectivity index (χ0) is 38.3. The fraction of sp³-hybridized carbons (Fsp3) is 0.660. The highest BCUT2D eigenvalue weighted by Crippen LogP contribution is 2.14. The molecular formula is C47H76O6. The van der Waals surface area contributed by atoms with Crippen molar-refractivity contribution in [1.82, 2.24) is 0 Å². The number of carbonyl (C=O) groups is 2. The first-order valence-corrected chi connectivity index (χ1v) is 21.2. The Balaban J connectivity index is 2.29. The van der Waals surface area contributed by atoms with E-state index in [2.05, 4.69) is 62.5 Å². The van der Waals surface area contributed by atoms with E-state index >= 15 is 0 Å². The van der Waals surface area contributed by atoms with Crippen LogP contribution in [0.25, 0.3) is 0 Å². The second kappa shape index (κ2) is 37.2. The zero-order valence-electron chi connectivity index (χ0n) is 34.0. The lowest BCUT2D eigenvalue weighted by molar-refractivity contribution is -0.163. The van der Waals surface area contributed by atoms with E-state index in [1.54, 1.807) is 7.11 Å². The van der Waals surface area contributed by atoms with Gasteiger partial charge in [-0.25, -0.2) is 0 Å². The number of hydrogen-bond acceptors (Lipinski definition) is 6. The lowest BCUT2D eigenvalue weighted by Crippen LogP contribution is -2.29. The zero-order valence-corrected chi connectivity index (χ0v) is 34.0. The van der Waals surface area contributed by atoms with Crippen molar-refractivity contribution in [2.45, 2.75) is 181 Å². The number of allylic oxidation sites excluding steroid dienone is 8. The van der Waals surface area contributed by atoms with Crippen LogP contribution >= 0.6 is 0 Å². The molecule has 0 saturated carbocycles. The normalized spacial score (nSPS) is 12.4. The number of benzene rings is 1. The summed E-state index contributed by atoms with van der Waals surface area (Å²) in [6.45, 7) is 5.01. The topological polar surface area (TPSA) is 71.1 Å². The fourth-order valence-electron chi connectivity index (χ4n) is 5.81. The molecule has 0 aliphatic rings. The van der Waals surface area contributed by atoms with E-state index in [1.807, 2.05) is 24.3 Å². The highest BCUT2D eigenvalue weighted by atomic mass is 16.6. The monoisotopic (exact) mass is 737 g/mol. The molecule has 0 saturated heterocycles. The van der Waals surface area contributed by atoms with Gasteiger partial charge in [-0.2, -0.15) is 0 Å². The van der Waals surface area contributed by atoms with E-state index in [0.29, 0.717) is 19.4 Å². The Hall–Kier alpha value is -3.12. The number of hydrogen-bond donors (Lipinski definition) is 0. The number of methoxy groups -OCH3 is 1. The number of ether oxygens (including phenoxy) is 4. The van der Waals surface area contributed by atoms with Crippen molar-refractivity contribution in [3.05, 3.63) is 78.4 Å². The van der Waals surface area contributed by atoms with Gasteiger partial charge in [0.05, 0.1) is 20.3 Å². The van der Waals surface area contributed by atoms with Crippen molar-refractivity contribution in [2.75, 3.05) is 20.3 Å². The van der Waals surface area contributed by atoms with E-state index in [-0.39, 0.29) is 25.2 Å². The molecule has 0 unspecified atom stereocenters. The first-order chi connectivity index (χ1) is 26.1. The number of esters is 2. The molecule has 0 radical (unpaired) electrons. The van der Waals surface area contributed by atoms with Crippen LogP contribution in [-0.4, -0.2) is 38.4 Å². The van der Waals surface area contributed by atoms with Gasteiger partial charge < -0.3 is 18.9 Å². The summed E-state index contributed by atoms with van der Waals surface area (Å²) in [6, 6.07) is 7.64. The van der Waals surface area contributed by atoms with Crippen LogP contribution in [0.4, 0.5) is 0 Å². The van der Waals surface area contributed by atoms with Crippen LogP contribution in [0, 0.1) is 0 Å². The second-order valence-corrected chi connectivity index (χ2v) is 14.1. The molecule has 1 aromatic carbocycles. The number of rotatable bonds is 36. The highest BCUT2D eigenvalue weighted by Gasteiger charge is 2.18. The van der Waals surface area contributed by atoms with E-state index in [1.165, 1.54) is 83.5 Å². The molecule has 1 rings (SSSR count). The van der Waals surface area contributed by atoms with Crippen molar-refractivity contribution in [1.29, 1.82) is 0 Å². The Morgan fingerprint density at radius 2 is 1.00 bits per heavy atom. The highest BCUT2D eigenvalue weighted by molar-refractivity contribution is 5.70. The molecular weight excluding hydrogens is 661 g/mol. The van der Waals surface area contributed by atoms with Gasteiger partial charge in [0.2, 0.25) is 0 Å². The molecule has 6 heteroatoms. The van der Waals surface area contributed by atoms with Crippen LogP contribution in [-0.2, 0) is 30.4 Å². The van der Waals surface area contributed by atoms with Crippen molar-refractivity contribution in [3.63, 3.8) is 0 Å². The minimum Gasteiger partial charge on any atom is -0.497 e. The molecule has 1 aromatic rings. The molecule has 53 heavy (non-hydrogen) atoms. The van der Waals surface area contributed by atoms with E-state index in [9.17, 15) is 9.59 Å². The van der Waals surface area contributed by atoms with Gasteiger partial charge in [-0.3, -0.25) is 9.59 Å². The molecule has 6 nitrogen and oxygen atoms in total. The Kier molecular flexibility index (Phi) is 33.6. The summed E-state index contributed by atoms with van der Waals surface area (Å²) in [5, 5.41) is 0. The maximum atomic E-state index is 12.7. The molecule has 0 spiro atoms. The third-order valence-electron chi connectivity index (χ3n) is 9.12. The average Bonchev–Trinajstić information content (AvgIpc) is 3.17. The van der Waals surface area contributed by atoms with Crippen molar-refractivity contribution < 1.29 is 28.5 Å². The molecule has 0 aliphatic heterocycles. The molecule has 1 atom stereocenters. The lowest BCUT2D eigenvalue weighted by Gasteiger charge is -2.18. The van der Waals surface area contributed by atoms with E-state index < -0.39 is 6.10 Å². The van der Waals surface area contributed by atoms with Crippen LogP contribution in [0.2, 0.25) is 0 Å². The van der Waals surface area contributed by atoms with E-state index in [0.717, 1.165) is 69.1 Å². The van der Waals surface area contributed by atoms with Gasteiger partial charge in [0.25, 0.3) is 0 Å². The summed E-state index contributed by atoms with van der Waals surface area (Å²) in [6.07, 6.45) is 43.4. The van der Waals surface area contributed by atoms with Gasteiger partial charge in [0.1, 0.15) is 12.4 Å². The van der Waals surface area contributed by atoms with Crippen LogP contribution in [0.15, 0.2) is 72.9 Å². The van der Waals surface area contributed by atoms with Gasteiger partial charge in [-0.1, -0.05) is 139 Å². The van der Waals surface area contributed by atoms with Crippen LogP contribution < -0.4 is 4.74 Å². The molecule has 300 valence electrons. The average molecular weight is 737 g/mol. The van der Waals surface area contributed by atoms with Gasteiger partial charge in [0, 0.05) is 12.8 Å². The summed E-state index contributed by atoms with van der Waals surface area (Å²) < 4.78 is 22.4. The van der Waals surface area contributed by atoms with Gasteiger partial charge in [-0.05, 0) is 94.7 Å². The second-order valence-electron chi connectivity index (χ2n) is 14.1. The largest absolute Gasteiger partial charge is 0.497 e. The maximum absolute atomic E-state index is 12.7.